The van der Waals surface area contributed by atoms with Crippen molar-refractivity contribution in [1.29, 1.82) is 0 Å². The first kappa shape index (κ1) is 28.8. The average molecular weight is 642 g/mol. The van der Waals surface area contributed by atoms with Crippen LogP contribution in [0.3, 0.4) is 0 Å². The van der Waals surface area contributed by atoms with Gasteiger partial charge in [0.05, 0.1) is 22.8 Å². The number of aromatic nitrogens is 4. The van der Waals surface area contributed by atoms with Gasteiger partial charge in [-0.25, -0.2) is 9.97 Å². The Balaban J connectivity index is 1.36. The molecule has 0 amide bonds. The van der Waals surface area contributed by atoms with Gasteiger partial charge in [0.1, 0.15) is 11.5 Å². The molecule has 0 radical (unpaired) electrons. The number of hydrogen-bond donors (Lipinski definition) is 4. The van der Waals surface area contributed by atoms with Gasteiger partial charge in [-0.3, -0.25) is 0 Å². The van der Waals surface area contributed by atoms with Crippen LogP contribution in [0.2, 0.25) is 10.0 Å². The van der Waals surface area contributed by atoms with E-state index in [4.69, 9.17) is 47.6 Å². The van der Waals surface area contributed by atoms with Gasteiger partial charge < -0.3 is 20.2 Å². The molecular formula is C33H22Cl2N4O2S2. The van der Waals surface area contributed by atoms with Crippen LogP contribution in [-0.4, -0.2) is 30.1 Å². The number of nitrogens with zero attached hydrogens (tertiary/aromatic N) is 2. The van der Waals surface area contributed by atoms with Crippen molar-refractivity contribution in [3.8, 4) is 56.5 Å². The standard InChI is InChI=1S/C33H22Cl2N4O2S2/c34-24-7-3-1-5-20(24)26-16-28(38-32(42)36-26)22-14-18(9-11-30(22)40)13-19-10-12-31(41)23(15-19)29-17-27(37-33(43)39-29)21-6-2-4-8-25(21)35/h1-12,14-17,40-41H,13H2,(H,36,38,42)(H,37,39,43). The summed E-state index contributed by atoms with van der Waals surface area (Å²) in [5.74, 6) is 0.145. The van der Waals surface area contributed by atoms with E-state index >= 15 is 0 Å². The zero-order valence-corrected chi connectivity index (χ0v) is 25.5. The number of H-pyrrole nitrogens is 2. The molecule has 0 aliphatic carbocycles. The molecule has 0 aliphatic heterocycles. The van der Waals surface area contributed by atoms with E-state index in [1.165, 1.54) is 0 Å². The molecule has 6 rings (SSSR count). The Labute approximate surface area is 267 Å². The second-order valence-corrected chi connectivity index (χ2v) is 11.4. The summed E-state index contributed by atoms with van der Waals surface area (Å²) in [7, 11) is 0. The SMILES string of the molecule is Oc1ccc(Cc2ccc(O)c(-c3cc(-c4ccccc4Cl)[nH]c(=S)n3)c2)cc1-c1cc(-c2ccccc2Cl)[nH]c(=S)n1. The first-order valence-corrected chi connectivity index (χ1v) is 14.7. The molecule has 4 N–H and O–H groups in total. The minimum atomic E-state index is 0.0724. The van der Waals surface area contributed by atoms with Crippen LogP contribution >= 0.6 is 47.6 Å². The molecule has 0 saturated carbocycles. The Bertz CT molecular complexity index is 1980. The van der Waals surface area contributed by atoms with Crippen molar-refractivity contribution in [3.63, 3.8) is 0 Å². The van der Waals surface area contributed by atoms with E-state index in [1.54, 1.807) is 24.3 Å². The Hall–Kier alpha value is -4.34. The number of phenolic OH excluding ortho intramolecular Hbond substituents is 2. The van der Waals surface area contributed by atoms with Gasteiger partial charge in [-0.15, -0.1) is 0 Å². The number of benzene rings is 4. The minimum Gasteiger partial charge on any atom is -0.507 e. The van der Waals surface area contributed by atoms with E-state index in [2.05, 4.69) is 19.9 Å². The predicted molar refractivity (Wildman–Crippen MR) is 177 cm³/mol. The second-order valence-electron chi connectivity index (χ2n) is 9.81. The van der Waals surface area contributed by atoms with Crippen molar-refractivity contribution in [2.24, 2.45) is 0 Å². The van der Waals surface area contributed by atoms with Crippen LogP contribution in [0.25, 0.3) is 45.0 Å². The summed E-state index contributed by atoms with van der Waals surface area (Å²) in [5, 5.41) is 22.7. The molecule has 0 bridgehead atoms. The van der Waals surface area contributed by atoms with Gasteiger partial charge in [0.25, 0.3) is 0 Å². The highest BCUT2D eigenvalue weighted by Gasteiger charge is 2.14. The van der Waals surface area contributed by atoms with Crippen molar-refractivity contribution < 1.29 is 10.2 Å². The van der Waals surface area contributed by atoms with Crippen LogP contribution in [-0.2, 0) is 6.42 Å². The van der Waals surface area contributed by atoms with Gasteiger partial charge in [0.2, 0.25) is 0 Å². The van der Waals surface area contributed by atoms with Gasteiger partial charge in [0, 0.05) is 32.3 Å². The van der Waals surface area contributed by atoms with Gasteiger partial charge in [0.15, 0.2) is 9.54 Å². The third-order valence-electron chi connectivity index (χ3n) is 6.90. The number of nitrogens with one attached hydrogen (secondary N) is 2. The Kier molecular flexibility index (Phi) is 8.10. The zero-order valence-electron chi connectivity index (χ0n) is 22.3. The van der Waals surface area contributed by atoms with E-state index in [0.29, 0.717) is 50.4 Å². The summed E-state index contributed by atoms with van der Waals surface area (Å²) < 4.78 is 0.538. The minimum absolute atomic E-state index is 0.0724. The summed E-state index contributed by atoms with van der Waals surface area (Å²) in [5.41, 5.74) is 6.86. The van der Waals surface area contributed by atoms with Crippen LogP contribution in [0.4, 0.5) is 0 Å². The smallest absolute Gasteiger partial charge is 0.197 e. The molecule has 43 heavy (non-hydrogen) atoms. The maximum absolute atomic E-state index is 10.8. The van der Waals surface area contributed by atoms with Crippen molar-refractivity contribution in [2.45, 2.75) is 6.42 Å². The molecule has 0 unspecified atom stereocenters. The number of aromatic amines is 2. The molecule has 0 fully saturated rings. The van der Waals surface area contributed by atoms with E-state index < -0.39 is 0 Å². The molecule has 0 atom stereocenters. The molecule has 4 aromatic carbocycles. The maximum atomic E-state index is 10.8. The highest BCUT2D eigenvalue weighted by molar-refractivity contribution is 7.71. The number of hydrogen-bond acceptors (Lipinski definition) is 6. The van der Waals surface area contributed by atoms with Gasteiger partial charge in [-0.2, -0.15) is 0 Å². The lowest BCUT2D eigenvalue weighted by Crippen LogP contribution is -1.96. The fourth-order valence-electron chi connectivity index (χ4n) is 4.87. The largest absolute Gasteiger partial charge is 0.507 e. The Morgan fingerprint density at radius 1 is 0.558 bits per heavy atom. The predicted octanol–water partition coefficient (Wildman–Crippen LogP) is 9.57. The van der Waals surface area contributed by atoms with Crippen LogP contribution < -0.4 is 0 Å². The molecule has 0 saturated heterocycles. The molecule has 212 valence electrons. The molecule has 10 heteroatoms. The summed E-state index contributed by atoms with van der Waals surface area (Å²) >= 11 is 23.6. The van der Waals surface area contributed by atoms with E-state index in [9.17, 15) is 10.2 Å². The number of phenols is 2. The molecule has 0 spiro atoms. The van der Waals surface area contributed by atoms with Gasteiger partial charge in [-0.05, 0) is 90.5 Å². The van der Waals surface area contributed by atoms with E-state index in [0.717, 1.165) is 22.3 Å². The summed E-state index contributed by atoms with van der Waals surface area (Å²) in [4.78, 5) is 15.1. The first-order valence-electron chi connectivity index (χ1n) is 13.1. The van der Waals surface area contributed by atoms with E-state index in [1.807, 2.05) is 72.8 Å². The van der Waals surface area contributed by atoms with Crippen LogP contribution in [0.1, 0.15) is 11.1 Å². The average Bonchev–Trinajstić information content (AvgIpc) is 2.99. The molecule has 6 aromatic rings. The normalized spacial score (nSPS) is 11.0. The van der Waals surface area contributed by atoms with Gasteiger partial charge >= 0.3 is 0 Å². The fourth-order valence-corrected chi connectivity index (χ4v) is 5.76. The van der Waals surface area contributed by atoms with Crippen LogP contribution in [0.15, 0.2) is 97.1 Å². The summed E-state index contributed by atoms with van der Waals surface area (Å²) in [6.45, 7) is 0. The summed E-state index contributed by atoms with van der Waals surface area (Å²) in [6.07, 6.45) is 0.509. The number of aromatic hydroxyl groups is 2. The molecule has 2 heterocycles. The topological polar surface area (TPSA) is 97.8 Å². The lowest BCUT2D eigenvalue weighted by atomic mass is 9.97. The molecule has 0 aliphatic rings. The lowest BCUT2D eigenvalue weighted by Gasteiger charge is -2.12. The molecular weight excluding hydrogens is 619 g/mol. The highest BCUT2D eigenvalue weighted by atomic mass is 35.5. The first-order chi connectivity index (χ1) is 20.7. The van der Waals surface area contributed by atoms with Gasteiger partial charge in [-0.1, -0.05) is 71.7 Å². The van der Waals surface area contributed by atoms with Crippen molar-refractivity contribution in [3.05, 3.63) is 128 Å². The summed E-state index contributed by atoms with van der Waals surface area (Å²) in [6, 6.07) is 29.2. The van der Waals surface area contributed by atoms with Crippen LogP contribution in [0, 0.1) is 9.54 Å². The zero-order chi connectivity index (χ0) is 30.1. The highest BCUT2D eigenvalue weighted by Crippen LogP contribution is 2.35. The maximum Gasteiger partial charge on any atom is 0.197 e. The molecule has 6 nitrogen and oxygen atoms in total. The van der Waals surface area contributed by atoms with Crippen molar-refractivity contribution >= 4 is 47.6 Å². The van der Waals surface area contributed by atoms with Crippen molar-refractivity contribution in [2.75, 3.05) is 0 Å². The lowest BCUT2D eigenvalue weighted by molar-refractivity contribution is 0.476. The monoisotopic (exact) mass is 640 g/mol. The Morgan fingerprint density at radius 3 is 1.40 bits per heavy atom. The molecule has 2 aromatic heterocycles. The second kappa shape index (κ2) is 12.1. The van der Waals surface area contributed by atoms with Crippen molar-refractivity contribution in [1.82, 2.24) is 19.9 Å². The van der Waals surface area contributed by atoms with Crippen LogP contribution in [0.5, 0.6) is 11.5 Å². The van der Waals surface area contributed by atoms with E-state index in [-0.39, 0.29) is 21.0 Å². The third-order valence-corrected chi connectivity index (χ3v) is 7.95. The Morgan fingerprint density at radius 2 is 0.977 bits per heavy atom. The quantitative estimate of drug-likeness (QED) is 0.135. The number of halogens is 2. The number of rotatable bonds is 6. The third kappa shape index (κ3) is 6.23. The fraction of sp³-hybridized carbons (Fsp3) is 0.0303.